The lowest BCUT2D eigenvalue weighted by atomic mass is 10.2. The van der Waals surface area contributed by atoms with Gasteiger partial charge in [-0.1, -0.05) is 6.92 Å². The Morgan fingerprint density at radius 1 is 1.33 bits per heavy atom. The van der Waals surface area contributed by atoms with Crippen molar-refractivity contribution in [1.82, 2.24) is 15.2 Å². The maximum absolute atomic E-state index is 11.4. The first-order chi connectivity index (χ1) is 8.60. The molecule has 0 saturated heterocycles. The molecule has 1 amide bonds. The van der Waals surface area contributed by atoms with Crippen LogP contribution in [0.15, 0.2) is 6.07 Å². The first-order valence-corrected chi connectivity index (χ1v) is 6.73. The molecule has 0 saturated carbocycles. The Hall–Kier alpha value is -1.29. The van der Waals surface area contributed by atoms with E-state index in [1.54, 1.807) is 0 Å². The monoisotopic (exact) mass is 251 g/mol. The van der Waals surface area contributed by atoms with Gasteiger partial charge in [-0.15, -0.1) is 0 Å². The number of hydrogen-bond donors (Lipinski definition) is 2. The maximum Gasteiger partial charge on any atom is 0.233 e. The molecular weight excluding hydrogens is 226 g/mol. The van der Waals surface area contributed by atoms with Gasteiger partial charge in [-0.3, -0.25) is 4.79 Å². The Kier molecular flexibility index (Phi) is 5.92. The third-order valence-corrected chi connectivity index (χ3v) is 3.17. The third kappa shape index (κ3) is 3.88. The highest BCUT2D eigenvalue weighted by Crippen LogP contribution is 2.14. The van der Waals surface area contributed by atoms with Crippen LogP contribution in [0.25, 0.3) is 0 Å². The van der Waals surface area contributed by atoms with E-state index in [2.05, 4.69) is 42.0 Å². The highest BCUT2D eigenvalue weighted by molar-refractivity contribution is 5.77. The molecule has 2 N–H and O–H groups in total. The van der Waals surface area contributed by atoms with Crippen LogP contribution in [0.3, 0.4) is 0 Å². The highest BCUT2D eigenvalue weighted by Gasteiger charge is 2.07. The second kappa shape index (κ2) is 7.21. The summed E-state index contributed by atoms with van der Waals surface area (Å²) in [6.45, 7) is 11.3. The third-order valence-electron chi connectivity index (χ3n) is 3.17. The van der Waals surface area contributed by atoms with Gasteiger partial charge in [-0.2, -0.15) is 0 Å². The van der Waals surface area contributed by atoms with Gasteiger partial charge in [0.2, 0.25) is 5.91 Å². The zero-order valence-electron chi connectivity index (χ0n) is 12.0. The molecule has 4 nitrogen and oxygen atoms in total. The Morgan fingerprint density at radius 3 is 2.61 bits per heavy atom. The number of aromatic nitrogens is 1. The Balaban J connectivity index is 2.42. The molecule has 0 aliphatic heterocycles. The fourth-order valence-corrected chi connectivity index (χ4v) is 2.18. The molecule has 0 spiro atoms. The molecule has 1 aromatic heterocycles. The van der Waals surface area contributed by atoms with Crippen LogP contribution in [0.2, 0.25) is 0 Å². The molecule has 0 bridgehead atoms. The van der Waals surface area contributed by atoms with E-state index in [-0.39, 0.29) is 5.91 Å². The predicted molar refractivity (Wildman–Crippen MR) is 74.6 cm³/mol. The van der Waals surface area contributed by atoms with Gasteiger partial charge in [0.05, 0.1) is 6.54 Å². The molecule has 0 aliphatic carbocycles. The van der Waals surface area contributed by atoms with E-state index in [0.717, 1.165) is 26.1 Å². The van der Waals surface area contributed by atoms with Crippen molar-refractivity contribution in [2.24, 2.45) is 0 Å². The van der Waals surface area contributed by atoms with Crippen molar-refractivity contribution >= 4 is 5.91 Å². The minimum absolute atomic E-state index is 0.0705. The average molecular weight is 251 g/mol. The van der Waals surface area contributed by atoms with Gasteiger partial charge in [0.15, 0.2) is 0 Å². The summed E-state index contributed by atoms with van der Waals surface area (Å²) in [6, 6.07) is 2.19. The van der Waals surface area contributed by atoms with Gasteiger partial charge in [-0.05, 0) is 38.8 Å². The summed E-state index contributed by atoms with van der Waals surface area (Å²) in [5.41, 5.74) is 3.84. The largest absolute Gasteiger partial charge is 0.355 e. The number of rotatable bonds is 7. The summed E-state index contributed by atoms with van der Waals surface area (Å²) in [5.74, 6) is 0.0705. The zero-order valence-corrected chi connectivity index (χ0v) is 12.0. The molecule has 0 atom stereocenters. The molecule has 1 heterocycles. The highest BCUT2D eigenvalue weighted by atomic mass is 16.1. The molecule has 4 heteroatoms. The minimum atomic E-state index is 0.0705. The van der Waals surface area contributed by atoms with Crippen LogP contribution in [0.4, 0.5) is 0 Å². The number of nitrogens with zero attached hydrogens (tertiary/aromatic N) is 1. The number of hydrogen-bond acceptors (Lipinski definition) is 2. The second-order valence-corrected chi connectivity index (χ2v) is 4.59. The fourth-order valence-electron chi connectivity index (χ4n) is 2.18. The summed E-state index contributed by atoms with van der Waals surface area (Å²) in [6.07, 6.45) is 0.976. The number of carbonyl (C=O) groups excluding carboxylic acids is 1. The molecule has 0 fully saturated rings. The quantitative estimate of drug-likeness (QED) is 0.775. The molecular formula is C14H25N3O. The number of carbonyl (C=O) groups is 1. The lowest BCUT2D eigenvalue weighted by Crippen LogP contribution is -2.34. The first kappa shape index (κ1) is 14.8. The van der Waals surface area contributed by atoms with Crippen molar-refractivity contribution in [2.45, 2.75) is 47.2 Å². The normalized spacial score (nSPS) is 10.7. The van der Waals surface area contributed by atoms with Gasteiger partial charge in [0, 0.05) is 31.0 Å². The average Bonchev–Trinajstić information content (AvgIpc) is 2.61. The Labute approximate surface area is 110 Å². The summed E-state index contributed by atoms with van der Waals surface area (Å²) in [5, 5.41) is 6.04. The van der Waals surface area contributed by atoms with E-state index in [4.69, 9.17) is 0 Å². The summed E-state index contributed by atoms with van der Waals surface area (Å²) < 4.78 is 2.29. The number of aryl methyl sites for hydroxylation is 1. The molecule has 0 unspecified atom stereocenters. The zero-order chi connectivity index (χ0) is 13.5. The lowest BCUT2D eigenvalue weighted by Gasteiger charge is -2.07. The van der Waals surface area contributed by atoms with Crippen molar-refractivity contribution in [2.75, 3.05) is 13.1 Å². The summed E-state index contributed by atoms with van der Waals surface area (Å²) >= 11 is 0. The predicted octanol–water partition coefficient (Wildman–Crippen LogP) is 1.74. The maximum atomic E-state index is 11.4. The van der Waals surface area contributed by atoms with Crippen LogP contribution in [0.5, 0.6) is 0 Å². The van der Waals surface area contributed by atoms with Crippen molar-refractivity contribution in [3.63, 3.8) is 0 Å². The van der Waals surface area contributed by atoms with Gasteiger partial charge >= 0.3 is 0 Å². The van der Waals surface area contributed by atoms with Crippen LogP contribution in [-0.2, 0) is 17.9 Å². The number of amides is 1. The van der Waals surface area contributed by atoms with Gasteiger partial charge in [0.25, 0.3) is 0 Å². The van der Waals surface area contributed by atoms with Gasteiger partial charge < -0.3 is 15.2 Å². The summed E-state index contributed by atoms with van der Waals surface area (Å²) in [7, 11) is 0. The van der Waals surface area contributed by atoms with Crippen molar-refractivity contribution in [3.05, 3.63) is 23.0 Å². The molecule has 1 rings (SSSR count). The van der Waals surface area contributed by atoms with E-state index < -0.39 is 0 Å². The second-order valence-electron chi connectivity index (χ2n) is 4.59. The molecule has 0 aliphatic rings. The number of nitrogens with one attached hydrogen (secondary N) is 2. The molecule has 18 heavy (non-hydrogen) atoms. The smallest absolute Gasteiger partial charge is 0.233 e. The van der Waals surface area contributed by atoms with Crippen LogP contribution in [-0.4, -0.2) is 23.6 Å². The van der Waals surface area contributed by atoms with Crippen LogP contribution < -0.4 is 10.6 Å². The van der Waals surface area contributed by atoms with Crippen LogP contribution >= 0.6 is 0 Å². The minimum Gasteiger partial charge on any atom is -0.355 e. The topological polar surface area (TPSA) is 46.1 Å². The van der Waals surface area contributed by atoms with E-state index in [1.807, 2.05) is 6.92 Å². The van der Waals surface area contributed by atoms with E-state index >= 15 is 0 Å². The van der Waals surface area contributed by atoms with Crippen LogP contribution in [0.1, 0.15) is 37.2 Å². The van der Waals surface area contributed by atoms with Gasteiger partial charge in [0.1, 0.15) is 0 Å². The van der Waals surface area contributed by atoms with Crippen molar-refractivity contribution in [3.8, 4) is 0 Å². The standard InChI is InChI=1S/C14H25N3O/c1-5-7-16-14(18)10-15-9-13-8-11(3)17(6-2)12(13)4/h8,15H,5-7,9-10H2,1-4H3,(H,16,18). The van der Waals surface area contributed by atoms with Crippen molar-refractivity contribution < 1.29 is 4.79 Å². The van der Waals surface area contributed by atoms with Crippen LogP contribution in [0, 0.1) is 13.8 Å². The van der Waals surface area contributed by atoms with E-state index in [0.29, 0.717) is 6.54 Å². The Morgan fingerprint density at radius 2 is 2.06 bits per heavy atom. The summed E-state index contributed by atoms with van der Waals surface area (Å²) in [4.78, 5) is 11.4. The molecule has 102 valence electrons. The fraction of sp³-hybridized carbons (Fsp3) is 0.643. The Bertz CT molecular complexity index is 396. The SMILES string of the molecule is CCCNC(=O)CNCc1cc(C)n(CC)c1C. The van der Waals surface area contributed by atoms with E-state index in [9.17, 15) is 4.79 Å². The first-order valence-electron chi connectivity index (χ1n) is 6.73. The van der Waals surface area contributed by atoms with Crippen molar-refractivity contribution in [1.29, 1.82) is 0 Å². The molecule has 0 aromatic carbocycles. The van der Waals surface area contributed by atoms with E-state index in [1.165, 1.54) is 17.0 Å². The van der Waals surface area contributed by atoms with Gasteiger partial charge in [-0.25, -0.2) is 0 Å². The molecule has 1 aromatic rings. The molecule has 0 radical (unpaired) electrons. The lowest BCUT2D eigenvalue weighted by molar-refractivity contribution is -0.120.